The summed E-state index contributed by atoms with van der Waals surface area (Å²) < 4.78 is 0. The summed E-state index contributed by atoms with van der Waals surface area (Å²) in [4.78, 5) is 3.86. The molecule has 0 aromatic rings. The van der Waals surface area contributed by atoms with Crippen LogP contribution in [0.15, 0.2) is 4.99 Å². The van der Waals surface area contributed by atoms with E-state index in [1.807, 2.05) is 0 Å². The third-order valence-electron chi connectivity index (χ3n) is 1.31. The normalized spacial score (nSPS) is 25.5. The van der Waals surface area contributed by atoms with Crippen LogP contribution in [0.5, 0.6) is 0 Å². The van der Waals surface area contributed by atoms with Crippen molar-refractivity contribution in [1.29, 1.82) is 0 Å². The Kier molecular flexibility index (Phi) is 2.35. The average Bonchev–Trinajstić information content (AvgIpc) is 2.24. The maximum Gasteiger partial charge on any atom is 0.215 e. The van der Waals surface area contributed by atoms with E-state index >= 15 is 0 Å². The Bertz CT molecular complexity index is 191. The SMILES string of the molecule is CNN1C(N)N=C(N)N1C=S. The Morgan fingerprint density at radius 1 is 1.82 bits per heavy atom. The van der Waals surface area contributed by atoms with E-state index in [4.69, 9.17) is 11.5 Å². The molecule has 0 fully saturated rings. The summed E-state index contributed by atoms with van der Waals surface area (Å²) in [5, 5.41) is 2.97. The molecule has 62 valence electrons. The summed E-state index contributed by atoms with van der Waals surface area (Å²) in [6.45, 7) is 0. The monoisotopic (exact) mass is 174 g/mol. The summed E-state index contributed by atoms with van der Waals surface area (Å²) in [5.41, 5.74) is 15.1. The van der Waals surface area contributed by atoms with Crippen LogP contribution in [0, 0.1) is 0 Å². The fourth-order valence-electron chi connectivity index (χ4n) is 0.832. The molecule has 0 spiro atoms. The van der Waals surface area contributed by atoms with Crippen LogP contribution in [0.4, 0.5) is 0 Å². The van der Waals surface area contributed by atoms with E-state index < -0.39 is 6.29 Å². The van der Waals surface area contributed by atoms with Crippen LogP contribution in [0.2, 0.25) is 0 Å². The highest BCUT2D eigenvalue weighted by molar-refractivity contribution is 7.78. The maximum atomic E-state index is 5.53. The number of rotatable bonds is 2. The minimum absolute atomic E-state index is 0.293. The number of nitrogens with zero attached hydrogens (tertiary/aromatic N) is 3. The molecular formula is C4H10N6S. The molecule has 5 N–H and O–H groups in total. The highest BCUT2D eigenvalue weighted by atomic mass is 32.1. The van der Waals surface area contributed by atoms with Gasteiger partial charge in [-0.05, 0) is 0 Å². The molecule has 0 saturated carbocycles. The molecule has 1 aliphatic rings. The van der Waals surface area contributed by atoms with Crippen molar-refractivity contribution in [2.45, 2.75) is 6.29 Å². The van der Waals surface area contributed by atoms with Gasteiger partial charge < -0.3 is 5.73 Å². The van der Waals surface area contributed by atoms with Gasteiger partial charge in [0.25, 0.3) is 0 Å². The number of hydrogen-bond donors (Lipinski definition) is 3. The van der Waals surface area contributed by atoms with Crippen LogP contribution in [0.25, 0.3) is 0 Å². The molecule has 0 saturated heterocycles. The lowest BCUT2D eigenvalue weighted by Crippen LogP contribution is -2.54. The molecule has 0 aromatic carbocycles. The number of hydrogen-bond acceptors (Lipinski definition) is 6. The van der Waals surface area contributed by atoms with E-state index in [1.165, 1.54) is 15.6 Å². The number of nitrogens with one attached hydrogen (secondary N) is 1. The Morgan fingerprint density at radius 2 is 2.45 bits per heavy atom. The number of hydrazine groups is 2. The minimum Gasteiger partial charge on any atom is -0.368 e. The lowest BCUT2D eigenvalue weighted by Gasteiger charge is -2.25. The summed E-state index contributed by atoms with van der Waals surface area (Å²) in [6, 6.07) is 0. The van der Waals surface area contributed by atoms with Crippen molar-refractivity contribution in [1.82, 2.24) is 15.6 Å². The first-order valence-electron chi connectivity index (χ1n) is 3.00. The van der Waals surface area contributed by atoms with Gasteiger partial charge in [0.2, 0.25) is 5.96 Å². The fourth-order valence-corrected chi connectivity index (χ4v) is 1.04. The minimum atomic E-state index is -0.501. The van der Waals surface area contributed by atoms with Crippen LogP contribution in [-0.4, -0.2) is 34.9 Å². The molecular weight excluding hydrogens is 164 g/mol. The molecule has 0 aromatic heterocycles. The predicted octanol–water partition coefficient (Wildman–Crippen LogP) is -1.83. The summed E-state index contributed by atoms with van der Waals surface area (Å²) in [6.07, 6.45) is -0.501. The molecule has 1 atom stereocenters. The zero-order valence-electron chi connectivity index (χ0n) is 6.06. The van der Waals surface area contributed by atoms with Crippen molar-refractivity contribution in [2.75, 3.05) is 7.05 Å². The van der Waals surface area contributed by atoms with Crippen molar-refractivity contribution >= 4 is 23.7 Å². The van der Waals surface area contributed by atoms with Crippen LogP contribution in [-0.2, 0) is 0 Å². The number of nitrogens with two attached hydrogens (primary N) is 2. The van der Waals surface area contributed by atoms with Gasteiger partial charge >= 0.3 is 0 Å². The van der Waals surface area contributed by atoms with Gasteiger partial charge in [-0.1, -0.05) is 12.2 Å². The van der Waals surface area contributed by atoms with Gasteiger partial charge in [-0.2, -0.15) is 0 Å². The third kappa shape index (κ3) is 1.31. The number of guanidine groups is 1. The zero-order chi connectivity index (χ0) is 8.43. The molecule has 0 aliphatic carbocycles. The Balaban J connectivity index is 2.76. The highest BCUT2D eigenvalue weighted by Gasteiger charge is 2.27. The molecule has 0 bridgehead atoms. The topological polar surface area (TPSA) is 82.9 Å². The molecule has 0 amide bonds. The van der Waals surface area contributed by atoms with Gasteiger partial charge in [0.05, 0.1) is 5.49 Å². The van der Waals surface area contributed by atoms with E-state index in [0.29, 0.717) is 5.96 Å². The van der Waals surface area contributed by atoms with Crippen molar-refractivity contribution in [2.24, 2.45) is 16.5 Å². The second-order valence-electron chi connectivity index (χ2n) is 1.92. The first-order valence-corrected chi connectivity index (χ1v) is 3.47. The lowest BCUT2D eigenvalue weighted by molar-refractivity contribution is 0.0398. The van der Waals surface area contributed by atoms with E-state index in [2.05, 4.69) is 22.6 Å². The first-order chi connectivity index (χ1) is 5.20. The van der Waals surface area contributed by atoms with Crippen LogP contribution in [0.3, 0.4) is 0 Å². The van der Waals surface area contributed by atoms with E-state index in [9.17, 15) is 0 Å². The zero-order valence-corrected chi connectivity index (χ0v) is 6.88. The molecule has 11 heavy (non-hydrogen) atoms. The second-order valence-corrected chi connectivity index (χ2v) is 2.13. The highest BCUT2D eigenvalue weighted by Crippen LogP contribution is 2.04. The van der Waals surface area contributed by atoms with Gasteiger partial charge in [-0.25, -0.2) is 15.4 Å². The molecule has 0 radical (unpaired) electrons. The largest absolute Gasteiger partial charge is 0.368 e. The van der Waals surface area contributed by atoms with E-state index in [0.717, 1.165) is 0 Å². The number of aliphatic imine (C=N–C) groups is 1. The quantitative estimate of drug-likeness (QED) is 0.427. The van der Waals surface area contributed by atoms with E-state index in [-0.39, 0.29) is 0 Å². The Labute approximate surface area is 69.8 Å². The molecule has 1 heterocycles. The molecule has 1 aliphatic heterocycles. The van der Waals surface area contributed by atoms with Crippen molar-refractivity contribution in [3.05, 3.63) is 0 Å². The molecule has 7 heteroatoms. The van der Waals surface area contributed by atoms with Gasteiger partial charge in [0, 0.05) is 7.05 Å². The maximum absolute atomic E-state index is 5.53. The summed E-state index contributed by atoms with van der Waals surface area (Å²) in [7, 11) is 1.71. The number of thiocarbonyl (C=S) groups is 1. The lowest BCUT2D eigenvalue weighted by atomic mass is 10.9. The van der Waals surface area contributed by atoms with Crippen LogP contribution in [0.1, 0.15) is 0 Å². The smallest absolute Gasteiger partial charge is 0.215 e. The van der Waals surface area contributed by atoms with Gasteiger partial charge in [-0.15, -0.1) is 5.12 Å². The van der Waals surface area contributed by atoms with Crippen molar-refractivity contribution in [3.8, 4) is 0 Å². The predicted molar refractivity (Wildman–Crippen MR) is 46.0 cm³/mol. The van der Waals surface area contributed by atoms with E-state index in [1.54, 1.807) is 7.05 Å². The van der Waals surface area contributed by atoms with Crippen LogP contribution >= 0.6 is 12.2 Å². The Morgan fingerprint density at radius 3 is 2.82 bits per heavy atom. The van der Waals surface area contributed by atoms with Crippen molar-refractivity contribution < 1.29 is 0 Å². The van der Waals surface area contributed by atoms with Gasteiger partial charge in [-0.3, -0.25) is 5.73 Å². The van der Waals surface area contributed by atoms with Gasteiger partial charge in [0.1, 0.15) is 0 Å². The fraction of sp³-hybridized carbons (Fsp3) is 0.500. The standard InChI is InChI=1S/C4H10N6S/c1-7-10-4(6)8-3(5)9(10)2-11/h2,4,7H,6H2,1H3,(H2,5,8). The second kappa shape index (κ2) is 3.09. The Hall–Kier alpha value is -0.760. The molecule has 6 nitrogen and oxygen atoms in total. The van der Waals surface area contributed by atoms with Crippen molar-refractivity contribution in [3.63, 3.8) is 0 Å². The third-order valence-corrected chi connectivity index (χ3v) is 1.51. The first kappa shape index (κ1) is 8.34. The van der Waals surface area contributed by atoms with Crippen LogP contribution < -0.4 is 16.9 Å². The average molecular weight is 174 g/mol. The summed E-state index contributed by atoms with van der Waals surface area (Å²) >= 11 is 4.69. The molecule has 1 unspecified atom stereocenters. The van der Waals surface area contributed by atoms with Gasteiger partial charge in [0.15, 0.2) is 6.29 Å². The summed E-state index contributed by atoms with van der Waals surface area (Å²) in [5.74, 6) is 0.293. The molecule has 1 rings (SSSR count).